The molecule has 5 aromatic carbocycles. The van der Waals surface area contributed by atoms with Crippen molar-refractivity contribution < 1.29 is 9.14 Å². The van der Waals surface area contributed by atoms with Gasteiger partial charge in [0.25, 0.3) is 0 Å². The Morgan fingerprint density at radius 3 is 1.89 bits per heavy atom. The third kappa shape index (κ3) is 3.50. The second kappa shape index (κ2) is 9.61. The fraction of sp³-hybridized carbons (Fsp3) is 0. The fourth-order valence-electron chi connectivity index (χ4n) is 7.24. The summed E-state index contributed by atoms with van der Waals surface area (Å²) in [5, 5.41) is 0. The lowest BCUT2D eigenvalue weighted by Gasteiger charge is -2.46. The molecule has 5 heteroatoms. The van der Waals surface area contributed by atoms with Crippen LogP contribution in [0.3, 0.4) is 0 Å². The summed E-state index contributed by atoms with van der Waals surface area (Å²) in [4.78, 5) is 2.30. The molecule has 0 N–H and O–H groups in total. The molecule has 0 aliphatic carbocycles. The van der Waals surface area contributed by atoms with Gasteiger partial charge < -0.3 is 18.5 Å². The van der Waals surface area contributed by atoms with Crippen molar-refractivity contribution >= 4 is 40.4 Å². The Morgan fingerprint density at radius 1 is 0.568 bits per heavy atom. The summed E-state index contributed by atoms with van der Waals surface area (Å²) in [5.41, 5.74) is 11.4. The number of para-hydroxylation sites is 3. The van der Waals surface area contributed by atoms with Gasteiger partial charge in [0.05, 0.1) is 16.9 Å². The Kier molecular flexibility index (Phi) is 5.41. The Labute approximate surface area is 256 Å². The average Bonchev–Trinajstić information content (AvgIpc) is 3.77. The summed E-state index contributed by atoms with van der Waals surface area (Å²) in [6.45, 7) is -1.82. The van der Waals surface area contributed by atoms with Crippen LogP contribution in [0.5, 0.6) is 5.75 Å². The lowest BCUT2D eigenvalue weighted by molar-refractivity contribution is -0.349. The molecule has 0 amide bonds. The number of rotatable bonds is 5. The van der Waals surface area contributed by atoms with Gasteiger partial charge in [0.2, 0.25) is 0 Å². The minimum absolute atomic E-state index is 0.905. The van der Waals surface area contributed by atoms with E-state index < -0.39 is 6.62 Å². The van der Waals surface area contributed by atoms with Gasteiger partial charge in [-0.25, -0.2) is 0 Å². The van der Waals surface area contributed by atoms with Crippen LogP contribution in [0.25, 0.3) is 5.57 Å². The maximum Gasteiger partial charge on any atom is 0.597 e. The molecule has 208 valence electrons. The smallest absolute Gasteiger partial charge is 0.597 e. The van der Waals surface area contributed by atoms with Crippen LogP contribution in [0.15, 0.2) is 176 Å². The van der Waals surface area contributed by atoms with Crippen molar-refractivity contribution in [2.24, 2.45) is 0 Å². The summed E-state index contributed by atoms with van der Waals surface area (Å²) in [5.74, 6) is 0.905. The number of anilines is 3. The summed E-state index contributed by atoms with van der Waals surface area (Å²) in [6.07, 6.45) is 6.69. The number of aromatic nitrogens is 1. The maximum atomic E-state index is 7.16. The SMILES string of the molecule is C1=CC2=[N+]3C1=C(c1ccc(N(c4ccccc4)c4ccccc4)cc1)c1cccn1[B@-]3(c1ccccc1)Oc1ccccc12. The van der Waals surface area contributed by atoms with Crippen molar-refractivity contribution in [1.82, 2.24) is 4.48 Å². The second-order valence-electron chi connectivity index (χ2n) is 11.4. The van der Waals surface area contributed by atoms with E-state index >= 15 is 0 Å². The zero-order valence-electron chi connectivity index (χ0n) is 24.0. The normalized spacial score (nSPS) is 17.5. The van der Waals surface area contributed by atoms with Gasteiger partial charge in [-0.3, -0.25) is 0 Å². The van der Waals surface area contributed by atoms with E-state index in [1.54, 1.807) is 0 Å². The van der Waals surface area contributed by atoms with Crippen LogP contribution in [-0.4, -0.2) is 21.3 Å². The van der Waals surface area contributed by atoms with E-state index in [0.29, 0.717) is 0 Å². The molecule has 0 fully saturated rings. The third-order valence-corrected chi connectivity index (χ3v) is 9.07. The lowest BCUT2D eigenvalue weighted by atomic mass is 9.54. The molecular formula is C39H28BN3O. The topological polar surface area (TPSA) is 20.4 Å². The predicted molar refractivity (Wildman–Crippen MR) is 179 cm³/mol. The van der Waals surface area contributed by atoms with Crippen LogP contribution < -0.4 is 15.0 Å². The number of allylic oxidation sites excluding steroid dienone is 2. The van der Waals surface area contributed by atoms with Crippen LogP contribution in [0, 0.1) is 0 Å². The third-order valence-electron chi connectivity index (χ3n) is 9.07. The molecule has 9 rings (SSSR count). The number of benzene rings is 5. The monoisotopic (exact) mass is 565 g/mol. The molecular weight excluding hydrogens is 537 g/mol. The molecule has 1 atom stereocenters. The van der Waals surface area contributed by atoms with E-state index in [4.69, 9.17) is 4.65 Å². The molecule has 0 radical (unpaired) electrons. The molecule has 44 heavy (non-hydrogen) atoms. The molecule has 4 heterocycles. The Balaban J connectivity index is 1.25. The van der Waals surface area contributed by atoms with Gasteiger partial charge in [0, 0.05) is 34.9 Å². The van der Waals surface area contributed by atoms with Gasteiger partial charge in [0.15, 0.2) is 11.4 Å². The minimum atomic E-state index is -1.82. The Morgan fingerprint density at radius 2 is 1.18 bits per heavy atom. The van der Waals surface area contributed by atoms with Crippen molar-refractivity contribution in [2.75, 3.05) is 4.90 Å². The number of hydrogen-bond donors (Lipinski definition) is 0. The van der Waals surface area contributed by atoms with E-state index in [1.807, 2.05) is 0 Å². The standard InChI is InChI=1S/C39H28BN3O/c1-4-13-30(14-5-1)40-41-28-12-20-36(41)39(37-27-26-35(43(37)40)34-19-10-11-21-38(34)44-40)29-22-24-33(25-23-29)42(31-15-6-2-7-16-31)32-17-8-3-9-18-32/h1-28H/t40-/m0/s1. The van der Waals surface area contributed by atoms with Crippen LogP contribution in [0.4, 0.5) is 17.1 Å². The molecule has 0 saturated heterocycles. The summed E-state index contributed by atoms with van der Waals surface area (Å²) in [6, 6.07) is 53.4. The number of hydrogen-bond acceptors (Lipinski definition) is 2. The van der Waals surface area contributed by atoms with Crippen molar-refractivity contribution in [3.63, 3.8) is 0 Å². The van der Waals surface area contributed by atoms with Gasteiger partial charge in [-0.15, -0.1) is 0 Å². The van der Waals surface area contributed by atoms with E-state index in [-0.39, 0.29) is 0 Å². The molecule has 3 aliphatic rings. The van der Waals surface area contributed by atoms with Gasteiger partial charge in [0.1, 0.15) is 0 Å². The molecule has 0 spiro atoms. The van der Waals surface area contributed by atoms with E-state index in [9.17, 15) is 0 Å². The number of fused-ring (bicyclic) bond motifs is 4. The first-order valence-corrected chi connectivity index (χ1v) is 15.1. The van der Waals surface area contributed by atoms with E-state index in [2.05, 4.69) is 184 Å². The molecule has 6 aromatic rings. The first-order chi connectivity index (χ1) is 21.8. The summed E-state index contributed by atoms with van der Waals surface area (Å²) in [7, 11) is 0. The number of nitrogens with zero attached hydrogens (tertiary/aromatic N) is 3. The first-order valence-electron chi connectivity index (χ1n) is 15.1. The molecule has 0 bridgehead atoms. The van der Waals surface area contributed by atoms with Gasteiger partial charge in [-0.1, -0.05) is 96.5 Å². The van der Waals surface area contributed by atoms with Crippen LogP contribution >= 0.6 is 0 Å². The minimum Gasteiger partial charge on any atom is -0.635 e. The van der Waals surface area contributed by atoms with E-state index in [1.165, 1.54) is 11.3 Å². The van der Waals surface area contributed by atoms with Crippen LogP contribution in [0.2, 0.25) is 0 Å². The quantitative estimate of drug-likeness (QED) is 0.198. The Bertz CT molecular complexity index is 2090. The molecule has 0 saturated carbocycles. The van der Waals surface area contributed by atoms with Crippen molar-refractivity contribution in [3.8, 4) is 5.75 Å². The predicted octanol–water partition coefficient (Wildman–Crippen LogP) is 7.89. The van der Waals surface area contributed by atoms with Gasteiger partial charge in [-0.05, 0) is 72.4 Å². The largest absolute Gasteiger partial charge is 0.635 e. The zero-order chi connectivity index (χ0) is 29.1. The average molecular weight is 565 g/mol. The van der Waals surface area contributed by atoms with Crippen LogP contribution in [0.1, 0.15) is 16.8 Å². The summed E-state index contributed by atoms with van der Waals surface area (Å²) >= 11 is 0. The zero-order valence-corrected chi connectivity index (χ0v) is 24.0. The van der Waals surface area contributed by atoms with Crippen LogP contribution in [-0.2, 0) is 0 Å². The highest BCUT2D eigenvalue weighted by Gasteiger charge is 2.57. The Hall–Kier alpha value is -5.81. The molecule has 0 unspecified atom stereocenters. The molecule has 1 aromatic heterocycles. The van der Waals surface area contributed by atoms with E-state index in [0.717, 1.165) is 50.8 Å². The highest BCUT2D eigenvalue weighted by Crippen LogP contribution is 2.43. The fourth-order valence-corrected chi connectivity index (χ4v) is 7.24. The summed E-state index contributed by atoms with van der Waals surface area (Å²) < 4.78 is 11.9. The first kappa shape index (κ1) is 24.8. The van der Waals surface area contributed by atoms with Crippen molar-refractivity contribution in [3.05, 3.63) is 193 Å². The van der Waals surface area contributed by atoms with Gasteiger partial charge >= 0.3 is 6.62 Å². The van der Waals surface area contributed by atoms with Crippen molar-refractivity contribution in [1.29, 1.82) is 0 Å². The lowest BCUT2D eigenvalue weighted by Crippen LogP contribution is -2.71. The highest BCUT2D eigenvalue weighted by molar-refractivity contribution is 6.80. The molecule has 4 nitrogen and oxygen atoms in total. The van der Waals surface area contributed by atoms with Gasteiger partial charge in [-0.2, -0.15) is 0 Å². The highest BCUT2D eigenvalue weighted by atomic mass is 16.5. The molecule has 3 aliphatic heterocycles. The van der Waals surface area contributed by atoms with Crippen molar-refractivity contribution in [2.45, 2.75) is 0 Å². The second-order valence-corrected chi connectivity index (χ2v) is 11.4. The maximum absolute atomic E-state index is 7.16.